The first kappa shape index (κ1) is 15.7. The van der Waals surface area contributed by atoms with Crippen LogP contribution in [0.1, 0.15) is 25.7 Å². The Morgan fingerprint density at radius 1 is 1.38 bits per heavy atom. The highest BCUT2D eigenvalue weighted by Gasteiger charge is 2.21. The SMILES string of the molecule is NNc1ccc(S(=O)(=O)NCC(=O)OC2CCCC2)cn1. The minimum Gasteiger partial charge on any atom is -0.461 e. The molecule has 0 atom stereocenters. The molecule has 0 spiro atoms. The van der Waals surface area contributed by atoms with Crippen LogP contribution in [0.5, 0.6) is 0 Å². The molecule has 0 saturated heterocycles. The van der Waals surface area contributed by atoms with Gasteiger partial charge in [-0.2, -0.15) is 4.72 Å². The highest BCUT2D eigenvalue weighted by molar-refractivity contribution is 7.89. The van der Waals surface area contributed by atoms with Crippen molar-refractivity contribution < 1.29 is 17.9 Å². The van der Waals surface area contributed by atoms with Gasteiger partial charge in [0.2, 0.25) is 10.0 Å². The lowest BCUT2D eigenvalue weighted by Gasteiger charge is -2.12. The highest BCUT2D eigenvalue weighted by atomic mass is 32.2. The van der Waals surface area contributed by atoms with Crippen LogP contribution in [-0.4, -0.2) is 32.0 Å². The summed E-state index contributed by atoms with van der Waals surface area (Å²) in [5.41, 5.74) is 2.30. The van der Waals surface area contributed by atoms with Crippen LogP contribution in [0.15, 0.2) is 23.2 Å². The number of hydrogen-bond acceptors (Lipinski definition) is 7. The van der Waals surface area contributed by atoms with Gasteiger partial charge in [0.1, 0.15) is 23.4 Å². The summed E-state index contributed by atoms with van der Waals surface area (Å²) in [6.45, 7) is -0.393. The van der Waals surface area contributed by atoms with Crippen LogP contribution in [0, 0.1) is 0 Å². The topological polar surface area (TPSA) is 123 Å². The van der Waals surface area contributed by atoms with Crippen molar-refractivity contribution in [1.82, 2.24) is 9.71 Å². The van der Waals surface area contributed by atoms with Crippen LogP contribution in [-0.2, 0) is 19.6 Å². The van der Waals surface area contributed by atoms with Crippen LogP contribution in [0.3, 0.4) is 0 Å². The quantitative estimate of drug-likeness (QED) is 0.387. The maximum atomic E-state index is 12.0. The lowest BCUT2D eigenvalue weighted by Crippen LogP contribution is -2.32. The van der Waals surface area contributed by atoms with Crippen molar-refractivity contribution in [3.8, 4) is 0 Å². The molecule has 9 heteroatoms. The van der Waals surface area contributed by atoms with E-state index in [-0.39, 0.29) is 11.0 Å². The molecular weight excluding hydrogens is 296 g/mol. The fourth-order valence-electron chi connectivity index (χ4n) is 2.10. The van der Waals surface area contributed by atoms with Crippen molar-refractivity contribution in [2.75, 3.05) is 12.0 Å². The molecule has 0 bridgehead atoms. The lowest BCUT2D eigenvalue weighted by atomic mass is 10.3. The van der Waals surface area contributed by atoms with Crippen LogP contribution < -0.4 is 16.0 Å². The van der Waals surface area contributed by atoms with E-state index in [1.165, 1.54) is 12.1 Å². The molecule has 1 aromatic heterocycles. The number of nitrogens with zero attached hydrogens (tertiary/aromatic N) is 1. The number of anilines is 1. The fraction of sp³-hybridized carbons (Fsp3) is 0.500. The van der Waals surface area contributed by atoms with E-state index < -0.39 is 22.5 Å². The number of esters is 1. The molecule has 2 rings (SSSR count). The number of nitrogen functional groups attached to an aromatic ring is 1. The fourth-order valence-corrected chi connectivity index (χ4v) is 3.01. The normalized spacial score (nSPS) is 15.9. The largest absolute Gasteiger partial charge is 0.461 e. The number of hydrogen-bond donors (Lipinski definition) is 3. The molecule has 4 N–H and O–H groups in total. The maximum absolute atomic E-state index is 12.0. The summed E-state index contributed by atoms with van der Waals surface area (Å²) < 4.78 is 31.3. The molecule has 0 radical (unpaired) electrons. The van der Waals surface area contributed by atoms with Crippen molar-refractivity contribution in [3.63, 3.8) is 0 Å². The third-order valence-corrected chi connectivity index (χ3v) is 4.59. The summed E-state index contributed by atoms with van der Waals surface area (Å²) in [6, 6.07) is 2.76. The van der Waals surface area contributed by atoms with Gasteiger partial charge in [0.25, 0.3) is 0 Å². The van der Waals surface area contributed by atoms with Crippen molar-refractivity contribution in [1.29, 1.82) is 0 Å². The van der Waals surface area contributed by atoms with Gasteiger partial charge < -0.3 is 10.2 Å². The predicted octanol–water partition coefficient (Wildman–Crippen LogP) is 0.131. The average molecular weight is 314 g/mol. The number of carbonyl (C=O) groups excluding carboxylic acids is 1. The summed E-state index contributed by atoms with van der Waals surface area (Å²) >= 11 is 0. The summed E-state index contributed by atoms with van der Waals surface area (Å²) in [5, 5.41) is 0. The van der Waals surface area contributed by atoms with E-state index in [0.717, 1.165) is 31.9 Å². The first-order chi connectivity index (χ1) is 10.0. The molecule has 1 heterocycles. The standard InChI is InChI=1S/C12H18N4O4S/c13-16-11-6-5-10(7-14-11)21(18,19)15-8-12(17)20-9-3-1-2-4-9/h5-7,9,15H,1-4,8,13H2,(H,14,16). The van der Waals surface area contributed by atoms with Crippen molar-refractivity contribution in [3.05, 3.63) is 18.3 Å². The molecule has 8 nitrogen and oxygen atoms in total. The Bertz CT molecular complexity index is 582. The molecule has 21 heavy (non-hydrogen) atoms. The smallest absolute Gasteiger partial charge is 0.321 e. The average Bonchev–Trinajstić information content (AvgIpc) is 2.98. The number of carbonyl (C=O) groups is 1. The number of hydrazine groups is 1. The van der Waals surface area contributed by atoms with Crippen molar-refractivity contribution >= 4 is 21.8 Å². The van der Waals surface area contributed by atoms with Gasteiger partial charge in [-0.05, 0) is 37.8 Å². The van der Waals surface area contributed by atoms with Gasteiger partial charge in [0.05, 0.1) is 0 Å². The minimum atomic E-state index is -3.80. The van der Waals surface area contributed by atoms with Gasteiger partial charge in [0.15, 0.2) is 0 Å². The predicted molar refractivity (Wildman–Crippen MR) is 75.6 cm³/mol. The summed E-state index contributed by atoms with van der Waals surface area (Å²) in [4.78, 5) is 15.3. The third-order valence-electron chi connectivity index (χ3n) is 3.20. The molecular formula is C12H18N4O4S. The number of nitrogens with one attached hydrogen (secondary N) is 2. The Hall–Kier alpha value is -1.71. The molecule has 1 aliphatic rings. The van der Waals surface area contributed by atoms with Gasteiger partial charge in [0, 0.05) is 6.20 Å². The Morgan fingerprint density at radius 2 is 2.10 bits per heavy atom. The first-order valence-electron chi connectivity index (χ1n) is 6.63. The van der Waals surface area contributed by atoms with Gasteiger partial charge >= 0.3 is 5.97 Å². The molecule has 1 aromatic rings. The first-order valence-corrected chi connectivity index (χ1v) is 8.11. The zero-order chi connectivity index (χ0) is 15.3. The van der Waals surface area contributed by atoms with E-state index >= 15 is 0 Å². The zero-order valence-electron chi connectivity index (χ0n) is 11.4. The van der Waals surface area contributed by atoms with E-state index in [2.05, 4.69) is 15.1 Å². The van der Waals surface area contributed by atoms with E-state index in [9.17, 15) is 13.2 Å². The second-order valence-electron chi connectivity index (χ2n) is 4.74. The van der Waals surface area contributed by atoms with Crippen molar-refractivity contribution in [2.24, 2.45) is 5.84 Å². The Morgan fingerprint density at radius 3 is 2.67 bits per heavy atom. The Kier molecular flexibility index (Phi) is 5.10. The molecule has 0 aromatic carbocycles. The van der Waals surface area contributed by atoms with Gasteiger partial charge in [-0.3, -0.25) is 4.79 Å². The third kappa shape index (κ3) is 4.38. The summed E-state index contributed by atoms with van der Waals surface area (Å²) in [7, 11) is -3.80. The van der Waals surface area contributed by atoms with Crippen LogP contribution in [0.2, 0.25) is 0 Å². The van der Waals surface area contributed by atoms with Gasteiger partial charge in [-0.25, -0.2) is 19.2 Å². The second-order valence-corrected chi connectivity index (χ2v) is 6.51. The molecule has 0 aliphatic heterocycles. The minimum absolute atomic E-state index is 0.0461. The number of nitrogens with two attached hydrogens (primary N) is 1. The molecule has 1 saturated carbocycles. The number of pyridine rings is 1. The Labute approximate surface area is 123 Å². The van der Waals surface area contributed by atoms with E-state index in [1.54, 1.807) is 0 Å². The monoisotopic (exact) mass is 314 g/mol. The molecule has 0 unspecified atom stereocenters. The number of rotatable bonds is 6. The molecule has 116 valence electrons. The molecule has 1 fully saturated rings. The molecule has 1 aliphatic carbocycles. The van der Waals surface area contributed by atoms with Gasteiger partial charge in [-0.15, -0.1) is 0 Å². The number of sulfonamides is 1. The van der Waals surface area contributed by atoms with Crippen LogP contribution in [0.4, 0.5) is 5.82 Å². The van der Waals surface area contributed by atoms with E-state index in [4.69, 9.17) is 10.6 Å². The summed E-state index contributed by atoms with van der Waals surface area (Å²) in [5.74, 6) is 4.92. The zero-order valence-corrected chi connectivity index (χ0v) is 12.2. The number of ether oxygens (including phenoxy) is 1. The Balaban J connectivity index is 1.89. The van der Waals surface area contributed by atoms with E-state index in [0.29, 0.717) is 5.82 Å². The lowest BCUT2D eigenvalue weighted by molar-refractivity contribution is -0.147. The van der Waals surface area contributed by atoms with Crippen LogP contribution in [0.25, 0.3) is 0 Å². The van der Waals surface area contributed by atoms with Gasteiger partial charge in [-0.1, -0.05) is 0 Å². The van der Waals surface area contributed by atoms with E-state index in [1.807, 2.05) is 0 Å². The maximum Gasteiger partial charge on any atom is 0.321 e. The second kappa shape index (κ2) is 6.83. The number of aromatic nitrogens is 1. The highest BCUT2D eigenvalue weighted by Crippen LogP contribution is 2.20. The molecule has 0 amide bonds. The summed E-state index contributed by atoms with van der Waals surface area (Å²) in [6.07, 6.45) is 4.83. The van der Waals surface area contributed by atoms with Crippen molar-refractivity contribution in [2.45, 2.75) is 36.7 Å². The van der Waals surface area contributed by atoms with Crippen LogP contribution >= 0.6 is 0 Å².